The van der Waals surface area contributed by atoms with Crippen LogP contribution in [-0.4, -0.2) is 15.5 Å². The monoisotopic (exact) mass is 449 g/mol. The molecule has 0 saturated carbocycles. The van der Waals surface area contributed by atoms with Crippen molar-refractivity contribution in [3.05, 3.63) is 119 Å². The van der Waals surface area contributed by atoms with Gasteiger partial charge in [-0.3, -0.25) is 0 Å². The molecule has 0 aliphatic carbocycles. The Hall–Kier alpha value is -3.64. The number of urea groups is 1. The number of rotatable bonds is 2. The van der Waals surface area contributed by atoms with Gasteiger partial charge < -0.3 is 14.8 Å². The number of nitrogens with zero attached hydrogens (tertiary/aromatic N) is 2. The first-order chi connectivity index (χ1) is 15.5. The van der Waals surface area contributed by atoms with Crippen LogP contribution in [0.1, 0.15) is 22.9 Å². The third-order valence-electron chi connectivity index (χ3n) is 5.58. The van der Waals surface area contributed by atoms with Gasteiger partial charge in [0.05, 0.1) is 24.0 Å². The number of aromatic nitrogens is 1. The van der Waals surface area contributed by atoms with Gasteiger partial charge in [0.15, 0.2) is 0 Å². The summed E-state index contributed by atoms with van der Waals surface area (Å²) in [4.78, 5) is 15.1. The van der Waals surface area contributed by atoms with Crippen molar-refractivity contribution in [3.63, 3.8) is 0 Å². The summed E-state index contributed by atoms with van der Waals surface area (Å²) < 4.78 is 30.0. The van der Waals surface area contributed by atoms with E-state index in [0.717, 1.165) is 40.7 Å². The van der Waals surface area contributed by atoms with E-state index in [1.165, 1.54) is 0 Å². The zero-order chi connectivity index (χ0) is 22.2. The van der Waals surface area contributed by atoms with E-state index in [1.807, 2.05) is 59.3 Å². The summed E-state index contributed by atoms with van der Waals surface area (Å²) in [6, 6.07) is 20.9. The van der Waals surface area contributed by atoms with Crippen molar-refractivity contribution >= 4 is 23.3 Å². The molecule has 5 rings (SSSR count). The van der Waals surface area contributed by atoms with Gasteiger partial charge in [-0.25, -0.2) is 13.6 Å². The summed E-state index contributed by atoms with van der Waals surface area (Å²) in [5.41, 5.74) is 3.39. The Kier molecular flexibility index (Phi) is 5.15. The zero-order valence-corrected chi connectivity index (χ0v) is 17.6. The molecule has 1 aliphatic rings. The fraction of sp³-hybridized carbons (Fsp3) is 0.0800. The number of amides is 2. The molecule has 0 bridgehead atoms. The van der Waals surface area contributed by atoms with Crippen LogP contribution in [0, 0.1) is 11.6 Å². The number of carbonyl (C=O) groups excluding carboxylic acids is 1. The van der Waals surface area contributed by atoms with E-state index >= 15 is 0 Å². The first-order valence-corrected chi connectivity index (χ1v) is 10.4. The van der Waals surface area contributed by atoms with Gasteiger partial charge in [0.2, 0.25) is 0 Å². The molecule has 1 atom stereocenters. The molecule has 0 saturated heterocycles. The van der Waals surface area contributed by atoms with E-state index in [-0.39, 0.29) is 12.2 Å². The molecule has 4 aromatic rings. The van der Waals surface area contributed by atoms with Crippen LogP contribution in [0.3, 0.4) is 0 Å². The predicted molar refractivity (Wildman–Crippen MR) is 120 cm³/mol. The quantitative estimate of drug-likeness (QED) is 0.370. The molecule has 1 aliphatic heterocycles. The number of hydrogen-bond donors (Lipinski definition) is 1. The van der Waals surface area contributed by atoms with Crippen LogP contribution in [0.2, 0.25) is 5.02 Å². The fourth-order valence-corrected chi connectivity index (χ4v) is 4.24. The number of hydrogen-bond acceptors (Lipinski definition) is 1. The van der Waals surface area contributed by atoms with E-state index in [1.54, 1.807) is 17.0 Å². The molecule has 4 nitrogen and oxygen atoms in total. The van der Waals surface area contributed by atoms with Crippen molar-refractivity contribution in [2.45, 2.75) is 12.6 Å². The van der Waals surface area contributed by atoms with Crippen LogP contribution in [0.4, 0.5) is 19.3 Å². The first kappa shape index (κ1) is 20.3. The van der Waals surface area contributed by atoms with Crippen molar-refractivity contribution in [1.82, 2.24) is 9.47 Å². The molecular formula is C25H18ClF2N3O. The molecular weight excluding hydrogens is 432 g/mol. The molecule has 0 fully saturated rings. The molecule has 0 unspecified atom stereocenters. The second-order valence-electron chi connectivity index (χ2n) is 7.57. The minimum atomic E-state index is -0.707. The number of fused-ring (bicyclic) bond motifs is 3. The molecule has 2 heterocycles. The van der Waals surface area contributed by atoms with E-state index in [9.17, 15) is 13.6 Å². The smallest absolute Gasteiger partial charge is 0.318 e. The van der Waals surface area contributed by atoms with Gasteiger partial charge in [-0.05, 0) is 53.6 Å². The van der Waals surface area contributed by atoms with Crippen LogP contribution in [0.15, 0.2) is 85.1 Å². The number of benzene rings is 3. The second kappa shape index (κ2) is 8.13. The summed E-state index contributed by atoms with van der Waals surface area (Å²) in [7, 11) is 0. The largest absolute Gasteiger partial charge is 0.323 e. The van der Waals surface area contributed by atoms with Gasteiger partial charge in [-0.15, -0.1) is 0 Å². The number of nitrogens with one attached hydrogen (secondary N) is 1. The van der Waals surface area contributed by atoms with Gasteiger partial charge in [0, 0.05) is 23.0 Å². The van der Waals surface area contributed by atoms with Crippen LogP contribution in [0.5, 0.6) is 0 Å². The van der Waals surface area contributed by atoms with Gasteiger partial charge in [0.25, 0.3) is 0 Å². The summed E-state index contributed by atoms with van der Waals surface area (Å²) in [5.74, 6) is -1.34. The number of halogens is 3. The maximum atomic E-state index is 14.3. The first-order valence-electron chi connectivity index (χ1n) is 10.0. The zero-order valence-electron chi connectivity index (χ0n) is 16.8. The highest BCUT2D eigenvalue weighted by Crippen LogP contribution is 2.37. The predicted octanol–water partition coefficient (Wildman–Crippen LogP) is 6.55. The Morgan fingerprint density at radius 1 is 0.969 bits per heavy atom. The molecule has 0 radical (unpaired) electrons. The maximum Gasteiger partial charge on any atom is 0.323 e. The Morgan fingerprint density at radius 3 is 2.56 bits per heavy atom. The van der Waals surface area contributed by atoms with E-state index in [2.05, 4.69) is 5.32 Å². The lowest BCUT2D eigenvalue weighted by atomic mass is 10.0. The van der Waals surface area contributed by atoms with Crippen molar-refractivity contribution < 1.29 is 13.6 Å². The standard InChI is InChI=1S/C25H18ClF2N3O/c26-18-9-7-16(8-10-18)24-23-6-3-13-30(23)22-5-2-1-4-17(22)15-31(24)25(32)29-21-14-19(27)11-12-20(21)28/h1-14,24H,15H2,(H,29,32)/t24-/m1/s1. The topological polar surface area (TPSA) is 37.3 Å². The number of carbonyl (C=O) groups is 1. The summed E-state index contributed by atoms with van der Waals surface area (Å²) >= 11 is 6.10. The van der Waals surface area contributed by atoms with Crippen LogP contribution in [-0.2, 0) is 6.54 Å². The highest BCUT2D eigenvalue weighted by molar-refractivity contribution is 6.30. The normalized spacial score (nSPS) is 15.0. The third-order valence-corrected chi connectivity index (χ3v) is 5.83. The maximum absolute atomic E-state index is 14.3. The minimum absolute atomic E-state index is 0.210. The van der Waals surface area contributed by atoms with Crippen LogP contribution in [0.25, 0.3) is 5.69 Å². The summed E-state index contributed by atoms with van der Waals surface area (Å²) in [5, 5.41) is 3.13. The molecule has 3 aromatic carbocycles. The molecule has 160 valence electrons. The van der Waals surface area contributed by atoms with Gasteiger partial charge in [-0.2, -0.15) is 0 Å². The second-order valence-corrected chi connectivity index (χ2v) is 8.00. The lowest BCUT2D eigenvalue weighted by Crippen LogP contribution is -2.38. The average Bonchev–Trinajstić information content (AvgIpc) is 3.21. The summed E-state index contributed by atoms with van der Waals surface area (Å²) in [6.45, 7) is 0.272. The average molecular weight is 450 g/mol. The van der Waals surface area contributed by atoms with Crippen molar-refractivity contribution in [3.8, 4) is 5.69 Å². The summed E-state index contributed by atoms with van der Waals surface area (Å²) in [6.07, 6.45) is 1.95. The molecule has 2 amide bonds. The van der Waals surface area contributed by atoms with Gasteiger partial charge in [-0.1, -0.05) is 41.9 Å². The third kappa shape index (κ3) is 3.63. The van der Waals surface area contributed by atoms with E-state index in [0.29, 0.717) is 5.02 Å². The highest BCUT2D eigenvalue weighted by atomic mass is 35.5. The van der Waals surface area contributed by atoms with Crippen molar-refractivity contribution in [2.75, 3.05) is 5.32 Å². The van der Waals surface area contributed by atoms with Gasteiger partial charge >= 0.3 is 6.03 Å². The Morgan fingerprint density at radius 2 is 1.75 bits per heavy atom. The molecule has 32 heavy (non-hydrogen) atoms. The SMILES string of the molecule is O=C(Nc1cc(F)ccc1F)N1Cc2ccccc2-n2cccc2[C@H]1c1ccc(Cl)cc1. The lowest BCUT2D eigenvalue weighted by Gasteiger charge is -2.31. The number of para-hydroxylation sites is 1. The fourth-order valence-electron chi connectivity index (χ4n) is 4.12. The minimum Gasteiger partial charge on any atom is -0.318 e. The van der Waals surface area contributed by atoms with E-state index < -0.39 is 23.7 Å². The lowest BCUT2D eigenvalue weighted by molar-refractivity contribution is 0.194. The Bertz CT molecular complexity index is 1300. The Labute approximate surface area is 188 Å². The molecule has 1 aromatic heterocycles. The Balaban J connectivity index is 1.63. The van der Waals surface area contributed by atoms with Crippen LogP contribution < -0.4 is 5.32 Å². The van der Waals surface area contributed by atoms with Gasteiger partial charge in [0.1, 0.15) is 11.6 Å². The van der Waals surface area contributed by atoms with Crippen molar-refractivity contribution in [1.29, 1.82) is 0 Å². The highest BCUT2D eigenvalue weighted by Gasteiger charge is 2.33. The number of anilines is 1. The van der Waals surface area contributed by atoms with E-state index in [4.69, 9.17) is 11.6 Å². The van der Waals surface area contributed by atoms with Crippen molar-refractivity contribution in [2.24, 2.45) is 0 Å². The molecule has 7 heteroatoms. The molecule has 0 spiro atoms. The molecule has 1 N–H and O–H groups in total. The van der Waals surface area contributed by atoms with Crippen LogP contribution >= 0.6 is 11.6 Å².